The Hall–Kier alpha value is -2.33. The van der Waals surface area contributed by atoms with Gasteiger partial charge in [-0.1, -0.05) is 0 Å². The number of allylic oxidation sites excluding steroid dienone is 3. The van der Waals surface area contributed by atoms with Gasteiger partial charge in [0.1, 0.15) is 0 Å². The summed E-state index contributed by atoms with van der Waals surface area (Å²) in [6.07, 6.45) is 4.51. The van der Waals surface area contributed by atoms with Gasteiger partial charge < -0.3 is 0 Å². The van der Waals surface area contributed by atoms with Crippen LogP contribution in [0.5, 0.6) is 0 Å². The van der Waals surface area contributed by atoms with Gasteiger partial charge in [0, 0.05) is 0 Å². The number of rotatable bonds is 2. The fraction of sp³-hybridized carbons (Fsp3) is 0. The molecule has 0 aliphatic carbocycles. The topological polar surface area (TPSA) is 0 Å². The van der Waals surface area contributed by atoms with Gasteiger partial charge in [-0.2, -0.15) is 0 Å². The SMILES string of the molecule is C1=CC(c2ccc(-c3cccc4ccccc34)c3ccccc23)=[CH][Tl]=[CH]1. The summed E-state index contributed by atoms with van der Waals surface area (Å²) >= 11 is -0.819. The van der Waals surface area contributed by atoms with E-state index in [1.807, 2.05) is 0 Å². The summed E-state index contributed by atoms with van der Waals surface area (Å²) in [4.78, 5) is 0. The monoisotopic (exact) mass is 522 g/mol. The molecule has 0 aromatic heterocycles. The summed E-state index contributed by atoms with van der Waals surface area (Å²) in [5.41, 5.74) is 5.40. The quantitative estimate of drug-likeness (QED) is 0.281. The normalized spacial score (nSPS) is 13.0. The fourth-order valence-corrected chi connectivity index (χ4v) is 7.16. The molecule has 0 amide bonds. The molecule has 5 rings (SSSR count). The fourth-order valence-electron chi connectivity index (χ4n) is 3.86. The van der Waals surface area contributed by atoms with Crippen LogP contribution >= 0.6 is 0 Å². The molecule has 0 N–H and O–H groups in total. The molecule has 26 heavy (non-hydrogen) atoms. The summed E-state index contributed by atoms with van der Waals surface area (Å²) in [5, 5.41) is 5.29. The molecule has 1 aliphatic heterocycles. The third kappa shape index (κ3) is 2.69. The van der Waals surface area contributed by atoms with Crippen LogP contribution < -0.4 is 0 Å². The van der Waals surface area contributed by atoms with Crippen LogP contribution in [0.15, 0.2) is 94.7 Å². The van der Waals surface area contributed by atoms with Gasteiger partial charge >= 0.3 is 166 Å². The van der Waals surface area contributed by atoms with E-state index in [0.717, 1.165) is 0 Å². The van der Waals surface area contributed by atoms with Crippen molar-refractivity contribution >= 4 is 54.4 Å². The molecule has 4 aromatic rings. The minimum atomic E-state index is -0.819. The standard InChI is InChI=1S/C25H17.Tl/c1-3-9-18(2)20-16-17-25(24-14-7-6-13-22(20)24)23-15-8-11-19-10-4-5-12-21(19)23;/h1-17H;. The second kappa shape index (κ2) is 6.77. The molecule has 4 aromatic carbocycles. The second-order valence-electron chi connectivity index (χ2n) is 6.60. The molecular weight excluding hydrogens is 505 g/mol. The molecule has 1 heteroatoms. The van der Waals surface area contributed by atoms with Crippen LogP contribution in [0.3, 0.4) is 0 Å². The Kier molecular flexibility index (Phi) is 4.14. The zero-order chi connectivity index (χ0) is 17.3. The summed E-state index contributed by atoms with van der Waals surface area (Å²) in [5.74, 6) is 0. The maximum absolute atomic E-state index is 2.51. The van der Waals surface area contributed by atoms with Crippen molar-refractivity contribution in [1.29, 1.82) is 0 Å². The Morgan fingerprint density at radius 3 is 2.00 bits per heavy atom. The first-order chi connectivity index (χ1) is 12.9. The van der Waals surface area contributed by atoms with Crippen molar-refractivity contribution < 1.29 is 0 Å². The average Bonchev–Trinajstić information content (AvgIpc) is 2.73. The van der Waals surface area contributed by atoms with Crippen LogP contribution in [0.25, 0.3) is 38.2 Å². The minimum absolute atomic E-state index is 0.819. The molecule has 1 heterocycles. The van der Waals surface area contributed by atoms with Crippen molar-refractivity contribution in [3.63, 3.8) is 0 Å². The molecule has 0 radical (unpaired) electrons. The third-order valence-corrected chi connectivity index (χ3v) is 8.96. The van der Waals surface area contributed by atoms with E-state index in [-0.39, 0.29) is 0 Å². The molecule has 0 saturated heterocycles. The molecule has 0 spiro atoms. The Bertz CT molecular complexity index is 1220. The molecule has 0 nitrogen and oxygen atoms in total. The molecule has 0 atom stereocenters. The van der Waals surface area contributed by atoms with Crippen LogP contribution in [0.4, 0.5) is 0 Å². The van der Waals surface area contributed by atoms with Gasteiger partial charge in [0.15, 0.2) is 0 Å². The Balaban J connectivity index is 1.82. The van der Waals surface area contributed by atoms with Crippen LogP contribution in [0.2, 0.25) is 0 Å². The van der Waals surface area contributed by atoms with E-state index in [2.05, 4.69) is 98.2 Å². The maximum atomic E-state index is 2.51. The predicted molar refractivity (Wildman–Crippen MR) is 116 cm³/mol. The van der Waals surface area contributed by atoms with Crippen LogP contribution in [-0.2, 0) is 0 Å². The van der Waals surface area contributed by atoms with E-state index in [9.17, 15) is 0 Å². The Morgan fingerprint density at radius 2 is 1.19 bits per heavy atom. The molecular formula is C25H17Tl. The van der Waals surface area contributed by atoms with Gasteiger partial charge in [-0.15, -0.1) is 0 Å². The van der Waals surface area contributed by atoms with E-state index in [1.54, 1.807) is 0 Å². The first kappa shape index (κ1) is 15.9. The summed E-state index contributed by atoms with van der Waals surface area (Å²) in [7, 11) is 0. The number of hydrogen-bond acceptors (Lipinski definition) is 0. The molecule has 120 valence electrons. The van der Waals surface area contributed by atoms with Crippen molar-refractivity contribution in [1.82, 2.24) is 0 Å². The number of hydrogen-bond donors (Lipinski definition) is 0. The van der Waals surface area contributed by atoms with E-state index < -0.39 is 23.7 Å². The summed E-state index contributed by atoms with van der Waals surface area (Å²) < 4.78 is 4.91. The van der Waals surface area contributed by atoms with Crippen LogP contribution in [-0.4, -0.2) is 27.3 Å². The number of benzene rings is 4. The van der Waals surface area contributed by atoms with Crippen molar-refractivity contribution in [2.24, 2.45) is 0 Å². The van der Waals surface area contributed by atoms with Gasteiger partial charge in [-0.25, -0.2) is 0 Å². The predicted octanol–water partition coefficient (Wildman–Crippen LogP) is 6.08. The van der Waals surface area contributed by atoms with Gasteiger partial charge in [0.25, 0.3) is 0 Å². The van der Waals surface area contributed by atoms with Crippen LogP contribution in [0.1, 0.15) is 5.56 Å². The number of fused-ring (bicyclic) bond motifs is 2. The zero-order valence-corrected chi connectivity index (χ0v) is 18.9. The van der Waals surface area contributed by atoms with Gasteiger partial charge in [-0.3, -0.25) is 0 Å². The van der Waals surface area contributed by atoms with Gasteiger partial charge in [0.2, 0.25) is 0 Å². The third-order valence-electron chi connectivity index (χ3n) is 5.09. The first-order valence-corrected chi connectivity index (χ1v) is 14.2. The van der Waals surface area contributed by atoms with Crippen molar-refractivity contribution in [2.45, 2.75) is 0 Å². The molecule has 0 bridgehead atoms. The molecule has 0 unspecified atom stereocenters. The molecule has 1 aliphatic rings. The second-order valence-corrected chi connectivity index (χ2v) is 10.9. The first-order valence-electron chi connectivity index (χ1n) is 8.97. The zero-order valence-electron chi connectivity index (χ0n) is 14.4. The molecule has 0 fully saturated rings. The summed E-state index contributed by atoms with van der Waals surface area (Å²) in [6, 6.07) is 28.7. The Morgan fingerprint density at radius 1 is 0.538 bits per heavy atom. The van der Waals surface area contributed by atoms with Crippen molar-refractivity contribution in [2.75, 3.05) is 0 Å². The van der Waals surface area contributed by atoms with Gasteiger partial charge in [-0.05, 0) is 0 Å². The Labute approximate surface area is 165 Å². The van der Waals surface area contributed by atoms with Crippen molar-refractivity contribution in [3.05, 3.63) is 100 Å². The molecule has 0 saturated carbocycles. The summed E-state index contributed by atoms with van der Waals surface area (Å²) in [6.45, 7) is 0. The van der Waals surface area contributed by atoms with Crippen LogP contribution in [0, 0.1) is 0 Å². The average molecular weight is 522 g/mol. The van der Waals surface area contributed by atoms with E-state index in [1.165, 1.54) is 43.8 Å². The van der Waals surface area contributed by atoms with E-state index >= 15 is 0 Å². The van der Waals surface area contributed by atoms with Crippen molar-refractivity contribution in [3.8, 4) is 11.1 Å². The van der Waals surface area contributed by atoms with Gasteiger partial charge in [0.05, 0.1) is 0 Å². The van der Waals surface area contributed by atoms with E-state index in [0.29, 0.717) is 0 Å². The van der Waals surface area contributed by atoms with E-state index in [4.69, 9.17) is 0 Å².